The zero-order chi connectivity index (χ0) is 14.5. The van der Waals surface area contributed by atoms with Crippen molar-refractivity contribution in [1.29, 1.82) is 0 Å². The zero-order valence-corrected chi connectivity index (χ0v) is 9.71. The number of carbonyl (C=O) groups excluding carboxylic acids is 1. The van der Waals surface area contributed by atoms with E-state index in [-0.39, 0.29) is 0 Å². The fourth-order valence-corrected chi connectivity index (χ4v) is 1.25. The molecule has 0 saturated heterocycles. The number of nitrogens with one attached hydrogen (secondary N) is 1. The van der Waals surface area contributed by atoms with Crippen LogP contribution in [0.4, 0.5) is 0 Å². The summed E-state index contributed by atoms with van der Waals surface area (Å²) in [6.07, 6.45) is -8.57. The van der Waals surface area contributed by atoms with Gasteiger partial charge in [0, 0.05) is 0 Å². The third kappa shape index (κ3) is 5.82. The lowest BCUT2D eigenvalue weighted by atomic mass is 10.0. The molecule has 18 heavy (non-hydrogen) atoms. The number of aliphatic hydroxyl groups excluding tert-OH is 4. The molecule has 11 nitrogen and oxygen atoms in total. The van der Waals surface area contributed by atoms with E-state index in [2.05, 4.69) is 4.52 Å². The van der Waals surface area contributed by atoms with E-state index in [1.54, 1.807) is 0 Å². The number of amides is 1. The second-order valence-corrected chi connectivity index (χ2v) is 4.50. The summed E-state index contributed by atoms with van der Waals surface area (Å²) in [5.74, 6) is -1.44. The Bertz CT molecular complexity index is 317. The van der Waals surface area contributed by atoms with Gasteiger partial charge in [0.1, 0.15) is 18.3 Å². The van der Waals surface area contributed by atoms with E-state index in [0.717, 1.165) is 5.48 Å². The average molecular weight is 291 g/mol. The van der Waals surface area contributed by atoms with Gasteiger partial charge in [-0.15, -0.1) is 0 Å². The van der Waals surface area contributed by atoms with Crippen LogP contribution in [0.25, 0.3) is 0 Å². The number of hydroxylamine groups is 1. The van der Waals surface area contributed by atoms with Crippen molar-refractivity contribution < 1.29 is 49.3 Å². The Labute approximate surface area is 100 Å². The summed E-state index contributed by atoms with van der Waals surface area (Å²) in [6.45, 7) is -1.05. The second kappa shape index (κ2) is 7.09. The normalized spacial score (nSPS) is 18.8. The second-order valence-electron chi connectivity index (χ2n) is 3.26. The van der Waals surface area contributed by atoms with Crippen molar-refractivity contribution in [2.45, 2.75) is 24.4 Å². The smallest absolute Gasteiger partial charge is 0.388 e. The number of phosphoric acid groups is 1. The first-order chi connectivity index (χ1) is 8.10. The molecule has 0 heterocycles. The fourth-order valence-electron chi connectivity index (χ4n) is 0.908. The van der Waals surface area contributed by atoms with Gasteiger partial charge in [-0.1, -0.05) is 0 Å². The maximum atomic E-state index is 10.7. The lowest BCUT2D eigenvalue weighted by Gasteiger charge is -2.25. The Kier molecular flexibility index (Phi) is 6.84. The molecule has 0 rings (SSSR count). The van der Waals surface area contributed by atoms with Gasteiger partial charge in [0.25, 0.3) is 5.91 Å². The lowest BCUT2D eigenvalue weighted by Crippen LogP contribution is -2.51. The Morgan fingerprint density at radius 3 is 2.06 bits per heavy atom. The Balaban J connectivity index is 4.40. The predicted octanol–water partition coefficient (Wildman–Crippen LogP) is -3.96. The van der Waals surface area contributed by atoms with Gasteiger partial charge in [-0.25, -0.2) is 10.0 Å². The molecule has 0 bridgehead atoms. The molecular formula is C6H14NO10P. The SMILES string of the molecule is O=C(NO)[C@@H](O)[C@H](O)[C@H](O)[C@H](O)COP(=O)(O)O. The lowest BCUT2D eigenvalue weighted by molar-refractivity contribution is -0.155. The van der Waals surface area contributed by atoms with Crippen LogP contribution in [0, 0.1) is 0 Å². The van der Waals surface area contributed by atoms with Gasteiger partial charge in [-0.2, -0.15) is 0 Å². The van der Waals surface area contributed by atoms with Crippen molar-refractivity contribution in [3.8, 4) is 0 Å². The van der Waals surface area contributed by atoms with E-state index < -0.39 is 44.8 Å². The van der Waals surface area contributed by atoms with E-state index >= 15 is 0 Å². The molecule has 0 spiro atoms. The van der Waals surface area contributed by atoms with Crippen LogP contribution in [0.2, 0.25) is 0 Å². The summed E-state index contributed by atoms with van der Waals surface area (Å²) in [4.78, 5) is 27.3. The van der Waals surface area contributed by atoms with Gasteiger partial charge in [-0.05, 0) is 0 Å². The molecule has 0 aromatic rings. The van der Waals surface area contributed by atoms with Crippen molar-refractivity contribution in [2.24, 2.45) is 0 Å². The quantitative estimate of drug-likeness (QED) is 0.130. The van der Waals surface area contributed by atoms with Crippen LogP contribution in [0.3, 0.4) is 0 Å². The Morgan fingerprint density at radius 1 is 1.17 bits per heavy atom. The molecule has 0 aromatic heterocycles. The first-order valence-electron chi connectivity index (χ1n) is 4.46. The van der Waals surface area contributed by atoms with Gasteiger partial charge in [-0.3, -0.25) is 14.5 Å². The largest absolute Gasteiger partial charge is 0.469 e. The minimum absolute atomic E-state index is 0.998. The average Bonchev–Trinajstić information content (AvgIpc) is 2.31. The van der Waals surface area contributed by atoms with Crippen LogP contribution < -0.4 is 5.48 Å². The number of phosphoric ester groups is 1. The molecule has 0 aliphatic heterocycles. The van der Waals surface area contributed by atoms with Gasteiger partial charge >= 0.3 is 7.82 Å². The third-order valence-corrected chi connectivity index (χ3v) is 2.35. The minimum atomic E-state index is -4.87. The first-order valence-corrected chi connectivity index (χ1v) is 5.99. The maximum Gasteiger partial charge on any atom is 0.469 e. The summed E-state index contributed by atoms with van der Waals surface area (Å²) in [5.41, 5.74) is 0.998. The van der Waals surface area contributed by atoms with Gasteiger partial charge in [0.2, 0.25) is 0 Å². The van der Waals surface area contributed by atoms with Gasteiger partial charge in [0.05, 0.1) is 6.61 Å². The van der Waals surface area contributed by atoms with E-state index in [1.165, 1.54) is 0 Å². The Hall–Kier alpha value is -0.620. The summed E-state index contributed by atoms with van der Waals surface area (Å²) in [6, 6.07) is 0. The summed E-state index contributed by atoms with van der Waals surface area (Å²) in [5, 5.41) is 44.8. The fraction of sp³-hybridized carbons (Fsp3) is 0.833. The molecule has 12 heteroatoms. The molecule has 108 valence electrons. The van der Waals surface area contributed by atoms with Gasteiger partial charge < -0.3 is 30.2 Å². The number of hydrogen-bond donors (Lipinski definition) is 8. The highest BCUT2D eigenvalue weighted by Gasteiger charge is 2.35. The van der Waals surface area contributed by atoms with Gasteiger partial charge in [0.15, 0.2) is 6.10 Å². The predicted molar refractivity (Wildman–Crippen MR) is 52.0 cm³/mol. The molecule has 0 saturated carbocycles. The van der Waals surface area contributed by atoms with Crippen LogP contribution in [-0.4, -0.2) is 72.4 Å². The standard InChI is InChI=1S/C6H14NO10P/c8-2(1-17-18(14,15)16)3(9)4(10)5(11)6(12)7-13/h2-5,8-11,13H,1H2,(H,7,12)(H2,14,15,16)/t2-,3-,4-,5+/m1/s1. The van der Waals surface area contributed by atoms with Crippen molar-refractivity contribution in [1.82, 2.24) is 5.48 Å². The van der Waals surface area contributed by atoms with E-state index in [0.29, 0.717) is 0 Å². The van der Waals surface area contributed by atoms with E-state index in [9.17, 15) is 24.7 Å². The molecule has 0 radical (unpaired) electrons. The molecule has 4 atom stereocenters. The van der Waals surface area contributed by atoms with E-state index in [4.69, 9.17) is 20.1 Å². The minimum Gasteiger partial charge on any atom is -0.388 e. The number of hydrogen-bond acceptors (Lipinski definition) is 8. The first kappa shape index (κ1) is 17.4. The number of rotatable bonds is 7. The number of carbonyl (C=O) groups is 1. The molecule has 1 amide bonds. The molecular weight excluding hydrogens is 277 g/mol. The molecule has 0 unspecified atom stereocenters. The third-order valence-electron chi connectivity index (χ3n) is 1.86. The van der Waals surface area contributed by atoms with Crippen LogP contribution in [0.1, 0.15) is 0 Å². The van der Waals surface area contributed by atoms with E-state index in [1.807, 2.05) is 0 Å². The van der Waals surface area contributed by atoms with Crippen molar-refractivity contribution in [3.63, 3.8) is 0 Å². The highest BCUT2D eigenvalue weighted by atomic mass is 31.2. The zero-order valence-electron chi connectivity index (χ0n) is 8.82. The Morgan fingerprint density at radius 2 is 1.67 bits per heavy atom. The molecule has 0 aromatic carbocycles. The molecule has 8 N–H and O–H groups in total. The highest BCUT2D eigenvalue weighted by molar-refractivity contribution is 7.46. The topological polar surface area (TPSA) is 197 Å². The monoisotopic (exact) mass is 291 g/mol. The van der Waals surface area contributed by atoms with Crippen molar-refractivity contribution in [2.75, 3.05) is 6.61 Å². The van der Waals surface area contributed by atoms with Crippen LogP contribution in [-0.2, 0) is 13.9 Å². The highest BCUT2D eigenvalue weighted by Crippen LogP contribution is 2.35. The summed E-state index contributed by atoms with van der Waals surface area (Å²) >= 11 is 0. The van der Waals surface area contributed by atoms with Crippen molar-refractivity contribution in [3.05, 3.63) is 0 Å². The summed E-state index contributed by atoms with van der Waals surface area (Å²) in [7, 11) is -4.87. The van der Waals surface area contributed by atoms with Crippen molar-refractivity contribution >= 4 is 13.7 Å². The molecule has 0 aliphatic carbocycles. The molecule has 0 aliphatic rings. The maximum absolute atomic E-state index is 10.7. The molecule has 0 fully saturated rings. The summed E-state index contributed by atoms with van der Waals surface area (Å²) < 4.78 is 14.1. The van der Waals surface area contributed by atoms with Crippen LogP contribution in [0.15, 0.2) is 0 Å². The number of aliphatic hydroxyl groups is 4. The van der Waals surface area contributed by atoms with Crippen LogP contribution >= 0.6 is 7.82 Å². The van der Waals surface area contributed by atoms with Crippen LogP contribution in [0.5, 0.6) is 0 Å².